The number of anilines is 1. The Morgan fingerprint density at radius 1 is 1.04 bits per heavy atom. The Labute approximate surface area is 141 Å². The highest BCUT2D eigenvalue weighted by Gasteiger charge is 2.31. The molecule has 1 heterocycles. The SMILES string of the molecule is CC(C)c1ccc(/C=C2/NC(=S)N(c3ccccc3)C2=O)cc1. The lowest BCUT2D eigenvalue weighted by Gasteiger charge is -2.13. The summed E-state index contributed by atoms with van der Waals surface area (Å²) in [5, 5.41) is 3.42. The molecule has 1 N–H and O–H groups in total. The smallest absolute Gasteiger partial charge is 0.281 e. The fraction of sp³-hybridized carbons (Fsp3) is 0.158. The third-order valence-corrected chi connectivity index (χ3v) is 4.09. The zero-order valence-corrected chi connectivity index (χ0v) is 13.9. The molecule has 2 aromatic rings. The molecule has 0 saturated carbocycles. The minimum absolute atomic E-state index is 0.130. The van der Waals surface area contributed by atoms with Gasteiger partial charge >= 0.3 is 0 Å². The summed E-state index contributed by atoms with van der Waals surface area (Å²) >= 11 is 5.30. The second-order valence-corrected chi connectivity index (χ2v) is 6.17. The molecule has 0 unspecified atom stereocenters. The fourth-order valence-electron chi connectivity index (χ4n) is 2.49. The van der Waals surface area contributed by atoms with Crippen LogP contribution in [0.2, 0.25) is 0 Å². The number of rotatable bonds is 3. The Hall–Kier alpha value is -2.46. The molecule has 1 aliphatic heterocycles. The van der Waals surface area contributed by atoms with E-state index >= 15 is 0 Å². The average Bonchev–Trinajstić information content (AvgIpc) is 2.82. The molecule has 0 atom stereocenters. The van der Waals surface area contributed by atoms with E-state index in [1.165, 1.54) is 10.5 Å². The minimum Gasteiger partial charge on any atom is -0.327 e. The van der Waals surface area contributed by atoms with E-state index in [-0.39, 0.29) is 5.91 Å². The lowest BCUT2D eigenvalue weighted by Crippen LogP contribution is -2.30. The van der Waals surface area contributed by atoms with Crippen molar-refractivity contribution in [3.8, 4) is 0 Å². The van der Waals surface area contributed by atoms with E-state index < -0.39 is 0 Å². The van der Waals surface area contributed by atoms with Crippen LogP contribution in [0.4, 0.5) is 5.69 Å². The Balaban J connectivity index is 1.87. The lowest BCUT2D eigenvalue weighted by molar-refractivity contribution is -0.113. The van der Waals surface area contributed by atoms with Gasteiger partial charge in [0.05, 0.1) is 5.69 Å². The fourth-order valence-corrected chi connectivity index (χ4v) is 2.79. The molecule has 1 aliphatic rings. The van der Waals surface area contributed by atoms with Crippen molar-refractivity contribution in [3.05, 3.63) is 71.4 Å². The monoisotopic (exact) mass is 322 g/mol. The molecule has 0 aliphatic carbocycles. The van der Waals surface area contributed by atoms with Crippen LogP contribution in [0, 0.1) is 0 Å². The summed E-state index contributed by atoms with van der Waals surface area (Å²) in [4.78, 5) is 14.1. The van der Waals surface area contributed by atoms with Crippen molar-refractivity contribution in [1.29, 1.82) is 0 Å². The van der Waals surface area contributed by atoms with Gasteiger partial charge in [0.1, 0.15) is 5.70 Å². The highest BCUT2D eigenvalue weighted by atomic mass is 32.1. The van der Waals surface area contributed by atoms with Crippen molar-refractivity contribution in [2.24, 2.45) is 0 Å². The molecular formula is C19H18N2OS. The second-order valence-electron chi connectivity index (χ2n) is 5.79. The third-order valence-electron chi connectivity index (χ3n) is 3.81. The molecule has 0 spiro atoms. The molecule has 0 radical (unpaired) electrons. The first-order valence-electron chi connectivity index (χ1n) is 7.58. The predicted octanol–water partition coefficient (Wildman–Crippen LogP) is 4.07. The van der Waals surface area contributed by atoms with E-state index in [0.29, 0.717) is 16.7 Å². The Kier molecular flexibility index (Phi) is 4.26. The number of nitrogens with one attached hydrogen (secondary N) is 1. The topological polar surface area (TPSA) is 32.3 Å². The first-order valence-corrected chi connectivity index (χ1v) is 7.99. The standard InChI is InChI=1S/C19H18N2OS/c1-13(2)15-10-8-14(9-11-15)12-17-18(22)21(19(23)20-17)16-6-4-3-5-7-16/h3-13H,1-2H3,(H,20,23)/b17-12+. The highest BCUT2D eigenvalue weighted by Crippen LogP contribution is 2.22. The van der Waals surface area contributed by atoms with Crippen LogP contribution in [0.1, 0.15) is 30.9 Å². The molecule has 0 aromatic heterocycles. The van der Waals surface area contributed by atoms with Gasteiger partial charge in [0.25, 0.3) is 5.91 Å². The lowest BCUT2D eigenvalue weighted by atomic mass is 10.0. The van der Waals surface area contributed by atoms with Gasteiger partial charge < -0.3 is 5.32 Å². The molecule has 4 heteroatoms. The van der Waals surface area contributed by atoms with Gasteiger partial charge in [-0.3, -0.25) is 9.69 Å². The summed E-state index contributed by atoms with van der Waals surface area (Å²) in [6.45, 7) is 4.32. The zero-order chi connectivity index (χ0) is 16.4. The van der Waals surface area contributed by atoms with Crippen molar-refractivity contribution in [2.45, 2.75) is 19.8 Å². The maximum absolute atomic E-state index is 12.6. The molecule has 1 fully saturated rings. The van der Waals surface area contributed by atoms with Crippen LogP contribution in [0.15, 0.2) is 60.3 Å². The minimum atomic E-state index is -0.130. The first kappa shape index (κ1) is 15.4. The average molecular weight is 322 g/mol. The van der Waals surface area contributed by atoms with Gasteiger partial charge in [0.15, 0.2) is 5.11 Å². The predicted molar refractivity (Wildman–Crippen MR) is 98.2 cm³/mol. The summed E-state index contributed by atoms with van der Waals surface area (Å²) in [6, 6.07) is 17.6. The molecule has 1 amide bonds. The van der Waals surface area contributed by atoms with Crippen LogP contribution in [-0.4, -0.2) is 11.0 Å². The normalized spacial score (nSPS) is 16.3. The molecule has 0 bridgehead atoms. The molecule has 23 heavy (non-hydrogen) atoms. The third kappa shape index (κ3) is 3.17. The molecule has 3 nitrogen and oxygen atoms in total. The van der Waals surface area contributed by atoms with Gasteiger partial charge in [0, 0.05) is 0 Å². The number of benzene rings is 2. The van der Waals surface area contributed by atoms with Crippen LogP contribution >= 0.6 is 12.2 Å². The van der Waals surface area contributed by atoms with E-state index in [9.17, 15) is 4.79 Å². The summed E-state index contributed by atoms with van der Waals surface area (Å²) in [7, 11) is 0. The molecule has 116 valence electrons. The first-order chi connectivity index (χ1) is 11.1. The Morgan fingerprint density at radius 3 is 2.30 bits per heavy atom. The van der Waals surface area contributed by atoms with Gasteiger partial charge in [-0.15, -0.1) is 0 Å². The summed E-state index contributed by atoms with van der Waals surface area (Å²) < 4.78 is 0. The summed E-state index contributed by atoms with van der Waals surface area (Å²) in [5.74, 6) is 0.359. The quantitative estimate of drug-likeness (QED) is 0.683. The number of nitrogens with zero attached hydrogens (tertiary/aromatic N) is 1. The van der Waals surface area contributed by atoms with E-state index in [4.69, 9.17) is 12.2 Å². The van der Waals surface area contributed by atoms with Crippen molar-refractivity contribution < 1.29 is 4.79 Å². The largest absolute Gasteiger partial charge is 0.327 e. The van der Waals surface area contributed by atoms with E-state index in [1.807, 2.05) is 48.5 Å². The van der Waals surface area contributed by atoms with Gasteiger partial charge in [-0.05, 0) is 47.5 Å². The number of carbonyl (C=O) groups excluding carboxylic acids is 1. The molecule has 2 aromatic carbocycles. The number of amides is 1. The number of para-hydroxylation sites is 1. The van der Waals surface area contributed by atoms with Crippen molar-refractivity contribution in [2.75, 3.05) is 4.90 Å². The van der Waals surface area contributed by atoms with Crippen LogP contribution in [0.25, 0.3) is 6.08 Å². The van der Waals surface area contributed by atoms with Crippen molar-refractivity contribution in [1.82, 2.24) is 5.32 Å². The summed E-state index contributed by atoms with van der Waals surface area (Å²) in [6.07, 6.45) is 1.84. The van der Waals surface area contributed by atoms with Crippen LogP contribution in [0.3, 0.4) is 0 Å². The van der Waals surface area contributed by atoms with Crippen LogP contribution in [0.5, 0.6) is 0 Å². The van der Waals surface area contributed by atoms with Gasteiger partial charge in [-0.1, -0.05) is 56.3 Å². The van der Waals surface area contributed by atoms with Crippen LogP contribution in [-0.2, 0) is 4.79 Å². The maximum atomic E-state index is 12.6. The van der Waals surface area contributed by atoms with Gasteiger partial charge in [-0.2, -0.15) is 0 Å². The van der Waals surface area contributed by atoms with Crippen molar-refractivity contribution >= 4 is 35.0 Å². The van der Waals surface area contributed by atoms with E-state index in [2.05, 4.69) is 31.3 Å². The molecule has 1 saturated heterocycles. The van der Waals surface area contributed by atoms with Crippen molar-refractivity contribution in [3.63, 3.8) is 0 Å². The van der Waals surface area contributed by atoms with Gasteiger partial charge in [0.2, 0.25) is 0 Å². The maximum Gasteiger partial charge on any atom is 0.281 e. The highest BCUT2D eigenvalue weighted by molar-refractivity contribution is 7.80. The van der Waals surface area contributed by atoms with E-state index in [1.54, 1.807) is 0 Å². The molecular weight excluding hydrogens is 304 g/mol. The number of thiocarbonyl (C=S) groups is 1. The van der Waals surface area contributed by atoms with E-state index in [0.717, 1.165) is 11.3 Å². The second kappa shape index (κ2) is 6.34. The number of hydrogen-bond donors (Lipinski definition) is 1. The summed E-state index contributed by atoms with van der Waals surface area (Å²) in [5.41, 5.74) is 3.52. The van der Waals surface area contributed by atoms with Gasteiger partial charge in [-0.25, -0.2) is 0 Å². The molecule has 3 rings (SSSR count). The zero-order valence-electron chi connectivity index (χ0n) is 13.1. The number of hydrogen-bond acceptors (Lipinski definition) is 2. The number of carbonyl (C=O) groups is 1. The Bertz CT molecular complexity index is 764. The Morgan fingerprint density at radius 2 is 1.70 bits per heavy atom. The van der Waals surface area contributed by atoms with Crippen LogP contribution < -0.4 is 10.2 Å².